The zero-order valence-electron chi connectivity index (χ0n) is 14.6. The molecule has 0 bridgehead atoms. The van der Waals surface area contributed by atoms with Gasteiger partial charge in [0.2, 0.25) is 0 Å². The van der Waals surface area contributed by atoms with Crippen molar-refractivity contribution in [1.82, 2.24) is 0 Å². The Labute approximate surface area is 157 Å². The molecule has 4 rings (SSSR count). The number of carbonyl (C=O) groups is 1. The van der Waals surface area contributed by atoms with Crippen molar-refractivity contribution in [3.8, 4) is 5.75 Å². The van der Waals surface area contributed by atoms with Crippen molar-refractivity contribution >= 4 is 17.3 Å². The maximum atomic E-state index is 11.5. The first kappa shape index (κ1) is 17.6. The van der Waals surface area contributed by atoms with Crippen LogP contribution in [0.5, 0.6) is 5.75 Å². The Morgan fingerprint density at radius 3 is 2.92 bits per heavy atom. The fourth-order valence-electron chi connectivity index (χ4n) is 4.37. The van der Waals surface area contributed by atoms with E-state index >= 15 is 0 Å². The molecule has 4 atom stereocenters. The molecule has 5 heteroatoms. The van der Waals surface area contributed by atoms with E-state index in [2.05, 4.69) is 17.5 Å². The number of ether oxygens (including phenoxy) is 1. The number of benzene rings is 1. The van der Waals surface area contributed by atoms with E-state index in [0.29, 0.717) is 6.61 Å². The minimum absolute atomic E-state index is 0.0510. The molecule has 0 spiro atoms. The quantitative estimate of drug-likeness (QED) is 0.817. The summed E-state index contributed by atoms with van der Waals surface area (Å²) in [7, 11) is 0. The van der Waals surface area contributed by atoms with E-state index in [1.807, 2.05) is 18.2 Å². The number of aryl methyl sites for hydroxylation is 1. The first-order valence-electron chi connectivity index (χ1n) is 9.33. The van der Waals surface area contributed by atoms with Gasteiger partial charge in [-0.25, -0.2) is 0 Å². The molecule has 1 aromatic carbocycles. The third-order valence-corrected chi connectivity index (χ3v) is 6.79. The summed E-state index contributed by atoms with van der Waals surface area (Å²) in [5.41, 5.74) is 1.86. The van der Waals surface area contributed by atoms with Gasteiger partial charge in [0.25, 0.3) is 0 Å². The van der Waals surface area contributed by atoms with Crippen LogP contribution in [0.15, 0.2) is 35.7 Å². The standard InChI is InChI=1S/C21H24O4S/c22-20-14(6-8-15-3-2-10-26-15)12-25-19-11-13(7-9-18(19)20)16-4-1-5-17(16)21(23)24/h2-3,7,9-11,14,16-17,20,22H,1,4-6,8,12H2,(H,23,24)/t14-,16?,17?,20+/m0/s1. The second kappa shape index (κ2) is 7.41. The molecule has 2 heterocycles. The molecule has 2 aromatic rings. The van der Waals surface area contributed by atoms with Gasteiger partial charge in [-0.3, -0.25) is 4.79 Å². The zero-order valence-corrected chi connectivity index (χ0v) is 15.5. The predicted octanol–water partition coefficient (Wildman–Crippen LogP) is 4.39. The van der Waals surface area contributed by atoms with Crippen molar-refractivity contribution in [3.63, 3.8) is 0 Å². The van der Waals surface area contributed by atoms with Crippen LogP contribution in [-0.4, -0.2) is 22.8 Å². The molecule has 26 heavy (non-hydrogen) atoms. The molecule has 1 aliphatic carbocycles. The second-order valence-corrected chi connectivity index (χ2v) is 8.45. The van der Waals surface area contributed by atoms with Crippen LogP contribution >= 0.6 is 11.3 Å². The summed E-state index contributed by atoms with van der Waals surface area (Å²) in [6.07, 6.45) is 3.93. The fraction of sp³-hybridized carbons (Fsp3) is 0.476. The SMILES string of the molecule is O=C(O)C1CCCC1c1ccc2c(c1)OC[C@H](CCc1cccs1)[C@H]2O. The van der Waals surface area contributed by atoms with Gasteiger partial charge in [0.1, 0.15) is 5.75 Å². The van der Waals surface area contributed by atoms with Gasteiger partial charge < -0.3 is 14.9 Å². The maximum absolute atomic E-state index is 11.5. The third-order valence-electron chi connectivity index (χ3n) is 5.86. The van der Waals surface area contributed by atoms with Crippen LogP contribution in [0.4, 0.5) is 0 Å². The van der Waals surface area contributed by atoms with Crippen LogP contribution in [0.25, 0.3) is 0 Å². The first-order chi connectivity index (χ1) is 12.6. The number of aliphatic carboxylic acids is 1. The number of fused-ring (bicyclic) bond motifs is 1. The van der Waals surface area contributed by atoms with Crippen LogP contribution in [0.3, 0.4) is 0 Å². The van der Waals surface area contributed by atoms with Crippen LogP contribution in [-0.2, 0) is 11.2 Å². The Kier molecular flexibility index (Phi) is 5.00. The van der Waals surface area contributed by atoms with E-state index in [-0.39, 0.29) is 17.8 Å². The molecule has 138 valence electrons. The van der Waals surface area contributed by atoms with Crippen LogP contribution in [0.2, 0.25) is 0 Å². The summed E-state index contributed by atoms with van der Waals surface area (Å²) in [4.78, 5) is 12.8. The van der Waals surface area contributed by atoms with E-state index in [1.54, 1.807) is 11.3 Å². The summed E-state index contributed by atoms with van der Waals surface area (Å²) >= 11 is 1.75. The highest BCUT2D eigenvalue weighted by atomic mass is 32.1. The van der Waals surface area contributed by atoms with Gasteiger partial charge in [-0.2, -0.15) is 0 Å². The number of carboxylic acids is 1. The van der Waals surface area contributed by atoms with Crippen molar-refractivity contribution in [1.29, 1.82) is 0 Å². The van der Waals surface area contributed by atoms with Gasteiger partial charge in [0, 0.05) is 16.4 Å². The minimum atomic E-state index is -0.709. The maximum Gasteiger partial charge on any atom is 0.307 e. The van der Waals surface area contributed by atoms with E-state index in [1.165, 1.54) is 4.88 Å². The van der Waals surface area contributed by atoms with Gasteiger partial charge in [-0.05, 0) is 54.7 Å². The van der Waals surface area contributed by atoms with Crippen molar-refractivity contribution < 1.29 is 19.7 Å². The van der Waals surface area contributed by atoms with Gasteiger partial charge in [-0.15, -0.1) is 11.3 Å². The molecular weight excluding hydrogens is 348 g/mol. The van der Waals surface area contributed by atoms with E-state index < -0.39 is 12.1 Å². The Balaban J connectivity index is 1.48. The summed E-state index contributed by atoms with van der Waals surface area (Å²) in [6, 6.07) is 10.1. The first-order valence-corrected chi connectivity index (χ1v) is 10.2. The molecular formula is C21H24O4S. The van der Waals surface area contributed by atoms with Gasteiger partial charge >= 0.3 is 5.97 Å². The average molecular weight is 372 g/mol. The summed E-state index contributed by atoms with van der Waals surface area (Å²) in [5.74, 6) is -0.151. The molecule has 1 aromatic heterocycles. The van der Waals surface area contributed by atoms with Crippen molar-refractivity contribution in [2.24, 2.45) is 11.8 Å². The number of aliphatic hydroxyl groups excluding tert-OH is 1. The lowest BCUT2D eigenvalue weighted by atomic mass is 9.85. The Morgan fingerprint density at radius 2 is 2.15 bits per heavy atom. The monoisotopic (exact) mass is 372 g/mol. The molecule has 2 aliphatic rings. The van der Waals surface area contributed by atoms with Crippen LogP contribution < -0.4 is 4.74 Å². The topological polar surface area (TPSA) is 66.8 Å². The average Bonchev–Trinajstić information content (AvgIpc) is 3.32. The molecule has 1 saturated carbocycles. The van der Waals surface area contributed by atoms with Gasteiger partial charge in [-0.1, -0.05) is 24.6 Å². The lowest BCUT2D eigenvalue weighted by Crippen LogP contribution is -2.26. The number of thiophene rings is 1. The van der Waals surface area contributed by atoms with E-state index in [0.717, 1.165) is 49.0 Å². The Hall–Kier alpha value is -1.85. The third kappa shape index (κ3) is 3.38. The van der Waals surface area contributed by atoms with Crippen molar-refractivity contribution in [3.05, 3.63) is 51.7 Å². The molecule has 2 N–H and O–H groups in total. The van der Waals surface area contributed by atoms with Crippen LogP contribution in [0.1, 0.15) is 53.7 Å². The Morgan fingerprint density at radius 1 is 1.27 bits per heavy atom. The smallest absolute Gasteiger partial charge is 0.307 e. The lowest BCUT2D eigenvalue weighted by Gasteiger charge is -2.31. The number of aliphatic hydroxyl groups is 1. The van der Waals surface area contributed by atoms with Gasteiger partial charge in [0.05, 0.1) is 18.6 Å². The highest BCUT2D eigenvalue weighted by Gasteiger charge is 2.35. The normalized spacial score (nSPS) is 27.7. The van der Waals surface area contributed by atoms with Crippen LogP contribution in [0, 0.1) is 11.8 Å². The molecule has 0 saturated heterocycles. The molecule has 4 nitrogen and oxygen atoms in total. The molecule has 2 unspecified atom stereocenters. The molecule has 1 aliphatic heterocycles. The number of carboxylic acid groups (broad SMARTS) is 1. The highest BCUT2D eigenvalue weighted by molar-refractivity contribution is 7.09. The molecule has 0 radical (unpaired) electrons. The number of hydrogen-bond donors (Lipinski definition) is 2. The summed E-state index contributed by atoms with van der Waals surface area (Å²) in [6.45, 7) is 0.510. The fourth-order valence-corrected chi connectivity index (χ4v) is 5.10. The van der Waals surface area contributed by atoms with Crippen molar-refractivity contribution in [2.45, 2.75) is 44.1 Å². The zero-order chi connectivity index (χ0) is 18.1. The van der Waals surface area contributed by atoms with E-state index in [4.69, 9.17) is 4.74 Å². The summed E-state index contributed by atoms with van der Waals surface area (Å²) < 4.78 is 5.97. The Bertz CT molecular complexity index is 770. The number of rotatable bonds is 5. The largest absolute Gasteiger partial charge is 0.493 e. The number of hydrogen-bond acceptors (Lipinski definition) is 4. The van der Waals surface area contributed by atoms with Gasteiger partial charge in [0.15, 0.2) is 0 Å². The van der Waals surface area contributed by atoms with E-state index in [9.17, 15) is 15.0 Å². The molecule has 0 amide bonds. The molecule has 1 fully saturated rings. The predicted molar refractivity (Wildman–Crippen MR) is 101 cm³/mol. The lowest BCUT2D eigenvalue weighted by molar-refractivity contribution is -0.142. The second-order valence-electron chi connectivity index (χ2n) is 7.41. The summed E-state index contributed by atoms with van der Waals surface area (Å²) in [5, 5.41) is 22.3. The highest BCUT2D eigenvalue weighted by Crippen LogP contribution is 2.44. The van der Waals surface area contributed by atoms with Crippen molar-refractivity contribution in [2.75, 3.05) is 6.61 Å². The minimum Gasteiger partial charge on any atom is -0.493 e.